The highest BCUT2D eigenvalue weighted by molar-refractivity contribution is 9.09. The molecule has 0 aliphatic heterocycles. The summed E-state index contributed by atoms with van der Waals surface area (Å²) in [4.78, 5) is 15.9. The molecule has 94 valence electrons. The number of hydrogen-bond donors (Lipinski definition) is 1. The molecule has 1 rings (SSSR count). The van der Waals surface area contributed by atoms with Crippen molar-refractivity contribution in [2.75, 3.05) is 5.33 Å². The van der Waals surface area contributed by atoms with Crippen LogP contribution in [0.25, 0.3) is 0 Å². The summed E-state index contributed by atoms with van der Waals surface area (Å²) in [6, 6.07) is 3.61. The zero-order valence-corrected chi connectivity index (χ0v) is 12.1. The Kier molecular flexibility index (Phi) is 5.12. The summed E-state index contributed by atoms with van der Waals surface area (Å²) in [6.45, 7) is 6.40. The van der Waals surface area contributed by atoms with E-state index in [1.54, 1.807) is 24.5 Å². The average Bonchev–Trinajstić information content (AvgIpc) is 2.28. The highest BCUT2D eigenvalue weighted by atomic mass is 79.9. The number of carbonyl (C=O) groups excluding carboxylic acids is 1. The third-order valence-corrected chi connectivity index (χ3v) is 3.15. The summed E-state index contributed by atoms with van der Waals surface area (Å²) in [5.41, 5.74) is 0.708. The molecule has 0 radical (unpaired) electrons. The van der Waals surface area contributed by atoms with E-state index in [0.29, 0.717) is 5.56 Å². The van der Waals surface area contributed by atoms with Crippen molar-refractivity contribution in [2.24, 2.45) is 5.41 Å². The zero-order chi connectivity index (χ0) is 12.9. The lowest BCUT2D eigenvalue weighted by Crippen LogP contribution is -2.44. The van der Waals surface area contributed by atoms with Crippen LogP contribution in [0.15, 0.2) is 24.5 Å². The van der Waals surface area contributed by atoms with Gasteiger partial charge in [-0.05, 0) is 24.0 Å². The first kappa shape index (κ1) is 14.2. The molecule has 17 heavy (non-hydrogen) atoms. The fraction of sp³-hybridized carbons (Fsp3) is 0.538. The number of nitrogens with zero attached hydrogens (tertiary/aromatic N) is 1. The summed E-state index contributed by atoms with van der Waals surface area (Å²) in [7, 11) is 0. The van der Waals surface area contributed by atoms with Gasteiger partial charge in [0.2, 0.25) is 0 Å². The smallest absolute Gasteiger partial charge is 0.251 e. The van der Waals surface area contributed by atoms with Crippen molar-refractivity contribution in [2.45, 2.75) is 33.2 Å². The van der Waals surface area contributed by atoms with Crippen LogP contribution in [0.1, 0.15) is 37.6 Å². The molecule has 1 amide bonds. The minimum absolute atomic E-state index is 0.0340. The number of aromatic nitrogens is 1. The van der Waals surface area contributed by atoms with Crippen LogP contribution in [-0.4, -0.2) is 22.3 Å². The predicted molar refractivity (Wildman–Crippen MR) is 73.4 cm³/mol. The lowest BCUT2D eigenvalue weighted by atomic mass is 9.85. The van der Waals surface area contributed by atoms with Gasteiger partial charge in [-0.3, -0.25) is 9.78 Å². The van der Waals surface area contributed by atoms with E-state index in [0.717, 1.165) is 11.8 Å². The van der Waals surface area contributed by atoms with Crippen molar-refractivity contribution < 1.29 is 4.79 Å². The van der Waals surface area contributed by atoms with Gasteiger partial charge in [0.05, 0.1) is 0 Å². The molecule has 1 unspecified atom stereocenters. The Labute approximate surface area is 111 Å². The molecule has 0 aliphatic rings. The highest BCUT2D eigenvalue weighted by Gasteiger charge is 2.25. The van der Waals surface area contributed by atoms with Crippen LogP contribution in [-0.2, 0) is 0 Å². The largest absolute Gasteiger partial charge is 0.349 e. The van der Waals surface area contributed by atoms with Gasteiger partial charge in [-0.15, -0.1) is 0 Å². The SMILES string of the molecule is CC(C)(C)C(CCBr)NC(=O)c1ccncc1. The van der Waals surface area contributed by atoms with Gasteiger partial charge in [0.1, 0.15) is 0 Å². The first-order chi connectivity index (χ1) is 7.95. The molecule has 1 atom stereocenters. The number of amides is 1. The second-order valence-corrected chi connectivity index (χ2v) is 5.90. The van der Waals surface area contributed by atoms with Crippen LogP contribution in [0.2, 0.25) is 0 Å². The highest BCUT2D eigenvalue weighted by Crippen LogP contribution is 2.22. The summed E-state index contributed by atoms with van der Waals surface area (Å²) in [5, 5.41) is 3.96. The Hall–Kier alpha value is -0.900. The van der Waals surface area contributed by atoms with E-state index >= 15 is 0 Å². The molecule has 4 heteroatoms. The third-order valence-electron chi connectivity index (χ3n) is 2.69. The summed E-state index contributed by atoms with van der Waals surface area (Å²) in [5.74, 6) is -0.0340. The summed E-state index contributed by atoms with van der Waals surface area (Å²) in [6.07, 6.45) is 4.18. The van der Waals surface area contributed by atoms with Gasteiger partial charge in [-0.25, -0.2) is 0 Å². The normalized spacial score (nSPS) is 13.2. The van der Waals surface area contributed by atoms with E-state index in [2.05, 4.69) is 47.0 Å². The molecule has 1 aromatic rings. The van der Waals surface area contributed by atoms with Crippen molar-refractivity contribution in [1.29, 1.82) is 0 Å². The van der Waals surface area contributed by atoms with Gasteiger partial charge in [0, 0.05) is 29.3 Å². The van der Waals surface area contributed by atoms with Crippen LogP contribution < -0.4 is 5.32 Å². The van der Waals surface area contributed by atoms with Crippen LogP contribution in [0.3, 0.4) is 0 Å². The van der Waals surface area contributed by atoms with E-state index in [1.165, 1.54) is 0 Å². The first-order valence-corrected chi connectivity index (χ1v) is 6.84. The lowest BCUT2D eigenvalue weighted by molar-refractivity contribution is 0.0900. The summed E-state index contributed by atoms with van der Waals surface area (Å²) < 4.78 is 0. The lowest BCUT2D eigenvalue weighted by Gasteiger charge is -2.31. The van der Waals surface area contributed by atoms with E-state index in [9.17, 15) is 4.79 Å². The van der Waals surface area contributed by atoms with Crippen LogP contribution in [0, 0.1) is 5.41 Å². The number of alkyl halides is 1. The Bertz CT molecular complexity index is 359. The molecule has 0 saturated heterocycles. The van der Waals surface area contributed by atoms with Crippen molar-refractivity contribution in [3.8, 4) is 0 Å². The number of hydrogen-bond acceptors (Lipinski definition) is 2. The minimum atomic E-state index is -0.0340. The molecule has 0 spiro atoms. The standard InChI is InChI=1S/C13H19BrN2O/c1-13(2,3)11(4-7-14)16-12(17)10-5-8-15-9-6-10/h5-6,8-9,11H,4,7H2,1-3H3,(H,16,17). The number of nitrogens with one attached hydrogen (secondary N) is 1. The predicted octanol–water partition coefficient (Wildman–Crippen LogP) is 3.01. The molecule has 0 aliphatic carbocycles. The van der Waals surface area contributed by atoms with Crippen LogP contribution in [0.4, 0.5) is 0 Å². The van der Waals surface area contributed by atoms with Gasteiger partial charge < -0.3 is 5.32 Å². The molecule has 1 N–H and O–H groups in total. The van der Waals surface area contributed by atoms with Gasteiger partial charge in [0.15, 0.2) is 0 Å². The molecule has 1 heterocycles. The molecule has 0 aromatic carbocycles. The number of carbonyl (C=O) groups is 1. The van der Waals surface area contributed by atoms with Gasteiger partial charge in [-0.2, -0.15) is 0 Å². The fourth-order valence-electron chi connectivity index (χ4n) is 1.58. The maximum absolute atomic E-state index is 12.0. The van der Waals surface area contributed by atoms with Crippen molar-refractivity contribution in [3.05, 3.63) is 30.1 Å². The average molecular weight is 299 g/mol. The van der Waals surface area contributed by atoms with Gasteiger partial charge in [0.25, 0.3) is 5.91 Å². The fourth-order valence-corrected chi connectivity index (χ4v) is 2.03. The Morgan fingerprint density at radius 2 is 2.00 bits per heavy atom. The molecule has 0 bridgehead atoms. The van der Waals surface area contributed by atoms with Crippen molar-refractivity contribution >= 4 is 21.8 Å². The van der Waals surface area contributed by atoms with Crippen LogP contribution >= 0.6 is 15.9 Å². The first-order valence-electron chi connectivity index (χ1n) is 5.72. The van der Waals surface area contributed by atoms with E-state index in [-0.39, 0.29) is 17.4 Å². The maximum Gasteiger partial charge on any atom is 0.251 e. The second kappa shape index (κ2) is 6.15. The monoisotopic (exact) mass is 298 g/mol. The van der Waals surface area contributed by atoms with E-state index < -0.39 is 0 Å². The van der Waals surface area contributed by atoms with Crippen molar-refractivity contribution in [3.63, 3.8) is 0 Å². The third kappa shape index (κ3) is 4.46. The van der Waals surface area contributed by atoms with Gasteiger partial charge in [-0.1, -0.05) is 36.7 Å². The summed E-state index contributed by atoms with van der Waals surface area (Å²) >= 11 is 3.43. The molecular formula is C13H19BrN2O. The van der Waals surface area contributed by atoms with E-state index in [4.69, 9.17) is 0 Å². The minimum Gasteiger partial charge on any atom is -0.349 e. The van der Waals surface area contributed by atoms with E-state index in [1.807, 2.05) is 0 Å². The number of rotatable bonds is 4. The Balaban J connectivity index is 2.71. The second-order valence-electron chi connectivity index (χ2n) is 5.11. The quantitative estimate of drug-likeness (QED) is 0.868. The molecule has 0 saturated carbocycles. The number of halogens is 1. The van der Waals surface area contributed by atoms with Gasteiger partial charge >= 0.3 is 0 Å². The Morgan fingerprint density at radius 3 is 2.47 bits per heavy atom. The maximum atomic E-state index is 12.0. The van der Waals surface area contributed by atoms with Crippen molar-refractivity contribution in [1.82, 2.24) is 10.3 Å². The molecular weight excluding hydrogens is 280 g/mol. The topological polar surface area (TPSA) is 42.0 Å². The Morgan fingerprint density at radius 1 is 1.41 bits per heavy atom. The molecule has 3 nitrogen and oxygen atoms in total. The number of pyridine rings is 1. The molecule has 0 fully saturated rings. The molecule has 1 aromatic heterocycles. The zero-order valence-electron chi connectivity index (χ0n) is 10.5. The van der Waals surface area contributed by atoms with Crippen LogP contribution in [0.5, 0.6) is 0 Å².